The quantitative estimate of drug-likeness (QED) is 0.907. The Kier molecular flexibility index (Phi) is 5.77. The molecule has 0 bridgehead atoms. The molecule has 5 heteroatoms. The Morgan fingerprint density at radius 1 is 1.36 bits per heavy atom. The van der Waals surface area contributed by atoms with Crippen molar-refractivity contribution in [1.29, 1.82) is 0 Å². The number of amides is 1. The van der Waals surface area contributed by atoms with Crippen LogP contribution in [0.15, 0.2) is 18.2 Å². The van der Waals surface area contributed by atoms with Gasteiger partial charge in [0.2, 0.25) is 0 Å². The predicted octanol–water partition coefficient (Wildman–Crippen LogP) is 2.32. The lowest BCUT2D eigenvalue weighted by Gasteiger charge is -2.34. The SMILES string of the molecule is CC(C)N1CCC(CNc2cccc(C(=O)N(C)C)n2)CC1. The van der Waals surface area contributed by atoms with Gasteiger partial charge in [0, 0.05) is 26.7 Å². The highest BCUT2D eigenvalue weighted by atomic mass is 16.2. The van der Waals surface area contributed by atoms with Gasteiger partial charge in [0.15, 0.2) is 0 Å². The van der Waals surface area contributed by atoms with Crippen molar-refractivity contribution in [2.45, 2.75) is 32.7 Å². The third-order valence-electron chi connectivity index (χ3n) is 4.33. The molecule has 0 aromatic carbocycles. The number of rotatable bonds is 5. The molecule has 122 valence electrons. The van der Waals surface area contributed by atoms with Gasteiger partial charge in [-0.05, 0) is 57.8 Å². The van der Waals surface area contributed by atoms with Gasteiger partial charge in [-0.3, -0.25) is 4.79 Å². The summed E-state index contributed by atoms with van der Waals surface area (Å²) in [6.45, 7) is 7.80. The highest BCUT2D eigenvalue weighted by Crippen LogP contribution is 2.19. The van der Waals surface area contributed by atoms with Crippen molar-refractivity contribution in [1.82, 2.24) is 14.8 Å². The number of nitrogens with zero attached hydrogens (tertiary/aromatic N) is 3. The maximum Gasteiger partial charge on any atom is 0.272 e. The molecule has 0 atom stereocenters. The van der Waals surface area contributed by atoms with E-state index in [0.717, 1.165) is 12.4 Å². The zero-order valence-electron chi connectivity index (χ0n) is 14.2. The number of nitrogens with one attached hydrogen (secondary N) is 1. The number of likely N-dealkylation sites (tertiary alicyclic amines) is 1. The number of carbonyl (C=O) groups is 1. The fraction of sp³-hybridized carbons (Fsp3) is 0.647. The molecule has 22 heavy (non-hydrogen) atoms. The molecule has 2 rings (SSSR count). The molecule has 1 amide bonds. The van der Waals surface area contributed by atoms with Gasteiger partial charge in [-0.1, -0.05) is 6.07 Å². The van der Waals surface area contributed by atoms with E-state index in [1.54, 1.807) is 25.1 Å². The average Bonchev–Trinajstić information content (AvgIpc) is 2.52. The average molecular weight is 304 g/mol. The molecule has 0 saturated carbocycles. The Labute approximate surface area is 133 Å². The zero-order valence-corrected chi connectivity index (χ0v) is 14.2. The molecule has 2 heterocycles. The first-order valence-electron chi connectivity index (χ1n) is 8.14. The first-order chi connectivity index (χ1) is 10.5. The van der Waals surface area contributed by atoms with Crippen molar-refractivity contribution in [3.8, 4) is 0 Å². The Morgan fingerprint density at radius 3 is 2.64 bits per heavy atom. The highest BCUT2D eigenvalue weighted by molar-refractivity contribution is 5.92. The normalized spacial score (nSPS) is 16.8. The van der Waals surface area contributed by atoms with E-state index in [1.807, 2.05) is 12.1 Å². The van der Waals surface area contributed by atoms with Gasteiger partial charge in [0.05, 0.1) is 0 Å². The van der Waals surface area contributed by atoms with Crippen LogP contribution in [-0.4, -0.2) is 60.5 Å². The number of carbonyl (C=O) groups excluding carboxylic acids is 1. The van der Waals surface area contributed by atoms with Crippen LogP contribution in [0, 0.1) is 5.92 Å². The van der Waals surface area contributed by atoms with Crippen molar-refractivity contribution in [3.05, 3.63) is 23.9 Å². The second kappa shape index (κ2) is 7.58. The first kappa shape index (κ1) is 16.7. The van der Waals surface area contributed by atoms with Crippen LogP contribution in [-0.2, 0) is 0 Å². The Hall–Kier alpha value is -1.62. The summed E-state index contributed by atoms with van der Waals surface area (Å²) in [5.41, 5.74) is 0.490. The van der Waals surface area contributed by atoms with Crippen molar-refractivity contribution >= 4 is 11.7 Å². The fourth-order valence-corrected chi connectivity index (χ4v) is 2.80. The van der Waals surface area contributed by atoms with E-state index in [9.17, 15) is 4.79 Å². The van der Waals surface area contributed by atoms with E-state index < -0.39 is 0 Å². The largest absolute Gasteiger partial charge is 0.370 e. The lowest BCUT2D eigenvalue weighted by Crippen LogP contribution is -2.39. The molecule has 5 nitrogen and oxygen atoms in total. The van der Waals surface area contributed by atoms with E-state index >= 15 is 0 Å². The molecule has 0 spiro atoms. The molecule has 1 aromatic heterocycles. The van der Waals surface area contributed by atoms with Gasteiger partial charge < -0.3 is 15.1 Å². The molecule has 1 aromatic rings. The minimum atomic E-state index is -0.0612. The second-order valence-corrected chi connectivity index (χ2v) is 6.56. The van der Waals surface area contributed by atoms with Crippen LogP contribution < -0.4 is 5.32 Å². The number of piperidine rings is 1. The third kappa shape index (κ3) is 4.44. The van der Waals surface area contributed by atoms with Gasteiger partial charge in [0.25, 0.3) is 5.91 Å². The molecule has 1 aliphatic heterocycles. The topological polar surface area (TPSA) is 48.5 Å². The van der Waals surface area contributed by atoms with E-state index in [4.69, 9.17) is 0 Å². The minimum Gasteiger partial charge on any atom is -0.370 e. The summed E-state index contributed by atoms with van der Waals surface area (Å²) in [7, 11) is 3.49. The van der Waals surface area contributed by atoms with Crippen LogP contribution in [0.2, 0.25) is 0 Å². The summed E-state index contributed by atoms with van der Waals surface area (Å²) in [6.07, 6.45) is 2.45. The van der Waals surface area contributed by atoms with Crippen LogP contribution in [0.4, 0.5) is 5.82 Å². The summed E-state index contributed by atoms with van der Waals surface area (Å²) in [4.78, 5) is 20.4. The summed E-state index contributed by atoms with van der Waals surface area (Å²) in [5.74, 6) is 1.41. The summed E-state index contributed by atoms with van der Waals surface area (Å²) in [5, 5.41) is 3.39. The fourth-order valence-electron chi connectivity index (χ4n) is 2.80. The van der Waals surface area contributed by atoms with E-state index in [2.05, 4.69) is 29.0 Å². The standard InChI is InChI=1S/C17H28N4O/c1-13(2)21-10-8-14(9-11-21)12-18-16-7-5-6-15(19-16)17(22)20(3)4/h5-7,13-14H,8-12H2,1-4H3,(H,18,19). The van der Waals surface area contributed by atoms with Crippen molar-refractivity contribution < 1.29 is 4.79 Å². The maximum absolute atomic E-state index is 11.9. The summed E-state index contributed by atoms with van der Waals surface area (Å²) in [6, 6.07) is 6.21. The molecular weight excluding hydrogens is 276 g/mol. The maximum atomic E-state index is 11.9. The van der Waals surface area contributed by atoms with Gasteiger partial charge >= 0.3 is 0 Å². The van der Waals surface area contributed by atoms with E-state index in [1.165, 1.54) is 25.9 Å². The second-order valence-electron chi connectivity index (χ2n) is 6.56. The molecule has 0 aliphatic carbocycles. The molecule has 1 N–H and O–H groups in total. The van der Waals surface area contributed by atoms with Gasteiger partial charge in [-0.2, -0.15) is 0 Å². The molecule has 1 fully saturated rings. The predicted molar refractivity (Wildman–Crippen MR) is 90.2 cm³/mol. The van der Waals surface area contributed by atoms with Crippen LogP contribution in [0.25, 0.3) is 0 Å². The Morgan fingerprint density at radius 2 is 2.05 bits per heavy atom. The number of aromatic nitrogens is 1. The number of hydrogen-bond donors (Lipinski definition) is 1. The first-order valence-corrected chi connectivity index (χ1v) is 8.14. The lowest BCUT2D eigenvalue weighted by molar-refractivity contribution is 0.0822. The van der Waals surface area contributed by atoms with Crippen LogP contribution >= 0.6 is 0 Å². The smallest absolute Gasteiger partial charge is 0.272 e. The van der Waals surface area contributed by atoms with Crippen molar-refractivity contribution in [2.24, 2.45) is 5.92 Å². The van der Waals surface area contributed by atoms with E-state index in [-0.39, 0.29) is 5.91 Å². The third-order valence-corrected chi connectivity index (χ3v) is 4.33. The van der Waals surface area contributed by atoms with Gasteiger partial charge in [-0.15, -0.1) is 0 Å². The molecular formula is C17H28N4O. The van der Waals surface area contributed by atoms with Crippen LogP contribution in [0.5, 0.6) is 0 Å². The zero-order chi connectivity index (χ0) is 16.1. The minimum absolute atomic E-state index is 0.0612. The van der Waals surface area contributed by atoms with Crippen molar-refractivity contribution in [2.75, 3.05) is 39.0 Å². The molecule has 1 saturated heterocycles. The Balaban J connectivity index is 1.85. The molecule has 0 radical (unpaired) electrons. The number of pyridine rings is 1. The number of anilines is 1. The van der Waals surface area contributed by atoms with Crippen molar-refractivity contribution in [3.63, 3.8) is 0 Å². The van der Waals surface area contributed by atoms with Crippen LogP contribution in [0.1, 0.15) is 37.2 Å². The van der Waals surface area contributed by atoms with Gasteiger partial charge in [0.1, 0.15) is 11.5 Å². The summed E-state index contributed by atoms with van der Waals surface area (Å²) < 4.78 is 0. The molecule has 0 unspecified atom stereocenters. The monoisotopic (exact) mass is 304 g/mol. The molecule has 1 aliphatic rings. The van der Waals surface area contributed by atoms with Gasteiger partial charge in [-0.25, -0.2) is 4.98 Å². The lowest BCUT2D eigenvalue weighted by atomic mass is 9.96. The number of hydrogen-bond acceptors (Lipinski definition) is 4. The Bertz CT molecular complexity index is 493. The highest BCUT2D eigenvalue weighted by Gasteiger charge is 2.20. The van der Waals surface area contributed by atoms with E-state index in [0.29, 0.717) is 17.7 Å². The van der Waals surface area contributed by atoms with Crippen LogP contribution in [0.3, 0.4) is 0 Å². The summed E-state index contributed by atoms with van der Waals surface area (Å²) >= 11 is 0.